The zero-order valence-electron chi connectivity index (χ0n) is 22.4. The standard InChI is InChI=1S/C32H41N3O/c1-7-15-30(34-32(36)25(5)8-2)18-13-11-12-16-27-19-21-28(22-20-27)31(9-3)35(10-4)26(6)29-17-14-23-33-24-29/h7,11-25,31H,6,8-10H2,1-5H3,(H,34,36)/b13-11+,15-7-,16-12+,30-18+. The maximum absolute atomic E-state index is 12.2. The van der Waals surface area contributed by atoms with E-state index in [2.05, 4.69) is 72.0 Å². The Bertz CT molecular complexity index is 1080. The molecule has 4 heteroatoms. The van der Waals surface area contributed by atoms with Gasteiger partial charge in [-0.15, -0.1) is 0 Å². The molecule has 4 nitrogen and oxygen atoms in total. The fourth-order valence-electron chi connectivity index (χ4n) is 3.92. The van der Waals surface area contributed by atoms with Crippen molar-refractivity contribution in [3.63, 3.8) is 0 Å². The number of rotatable bonds is 13. The first-order valence-electron chi connectivity index (χ1n) is 12.9. The van der Waals surface area contributed by atoms with Crippen molar-refractivity contribution >= 4 is 17.7 Å². The van der Waals surface area contributed by atoms with Crippen molar-refractivity contribution in [2.24, 2.45) is 5.92 Å². The summed E-state index contributed by atoms with van der Waals surface area (Å²) < 4.78 is 0. The number of hydrogen-bond acceptors (Lipinski definition) is 3. The second-order valence-corrected chi connectivity index (χ2v) is 8.73. The summed E-state index contributed by atoms with van der Waals surface area (Å²) in [6.45, 7) is 15.5. The van der Waals surface area contributed by atoms with E-state index in [0.717, 1.165) is 41.9 Å². The van der Waals surface area contributed by atoms with Gasteiger partial charge < -0.3 is 10.2 Å². The van der Waals surface area contributed by atoms with Crippen LogP contribution in [0.25, 0.3) is 11.8 Å². The van der Waals surface area contributed by atoms with E-state index in [9.17, 15) is 4.79 Å². The number of hydrogen-bond donors (Lipinski definition) is 1. The summed E-state index contributed by atoms with van der Waals surface area (Å²) in [6, 6.07) is 13.0. The lowest BCUT2D eigenvalue weighted by molar-refractivity contribution is -0.123. The smallest absolute Gasteiger partial charge is 0.227 e. The largest absolute Gasteiger partial charge is 0.365 e. The topological polar surface area (TPSA) is 45.2 Å². The zero-order valence-corrected chi connectivity index (χ0v) is 22.4. The molecular weight excluding hydrogens is 442 g/mol. The van der Waals surface area contributed by atoms with Gasteiger partial charge in [0.25, 0.3) is 0 Å². The lowest BCUT2D eigenvalue weighted by atomic mass is 9.99. The van der Waals surface area contributed by atoms with Gasteiger partial charge in [-0.05, 0) is 62.1 Å². The molecule has 0 aliphatic rings. The van der Waals surface area contributed by atoms with Crippen LogP contribution in [0, 0.1) is 5.92 Å². The van der Waals surface area contributed by atoms with Crippen molar-refractivity contribution < 1.29 is 4.79 Å². The van der Waals surface area contributed by atoms with Gasteiger partial charge in [0.05, 0.1) is 6.04 Å². The third-order valence-corrected chi connectivity index (χ3v) is 6.23. The van der Waals surface area contributed by atoms with E-state index in [-0.39, 0.29) is 17.9 Å². The Balaban J connectivity index is 2.07. The minimum Gasteiger partial charge on any atom is -0.365 e. The summed E-state index contributed by atoms with van der Waals surface area (Å²) in [7, 11) is 0. The average molecular weight is 484 g/mol. The molecule has 1 heterocycles. The molecule has 190 valence electrons. The van der Waals surface area contributed by atoms with E-state index in [0.29, 0.717) is 0 Å². The van der Waals surface area contributed by atoms with Crippen LogP contribution < -0.4 is 5.32 Å². The normalized spacial score (nSPS) is 13.9. The summed E-state index contributed by atoms with van der Waals surface area (Å²) >= 11 is 0. The monoisotopic (exact) mass is 483 g/mol. The van der Waals surface area contributed by atoms with Crippen LogP contribution in [-0.2, 0) is 4.79 Å². The maximum Gasteiger partial charge on any atom is 0.227 e. The zero-order chi connectivity index (χ0) is 26.3. The van der Waals surface area contributed by atoms with Crippen molar-refractivity contribution in [1.29, 1.82) is 0 Å². The molecule has 0 aliphatic heterocycles. The van der Waals surface area contributed by atoms with Gasteiger partial charge >= 0.3 is 0 Å². The fraction of sp³-hybridized carbons (Fsp3) is 0.312. The summed E-state index contributed by atoms with van der Waals surface area (Å²) in [5.74, 6) is 0.0394. The Hall–Kier alpha value is -3.66. The molecule has 1 N–H and O–H groups in total. The van der Waals surface area contributed by atoms with E-state index >= 15 is 0 Å². The molecule has 1 aromatic carbocycles. The lowest BCUT2D eigenvalue weighted by Crippen LogP contribution is -2.27. The molecular formula is C32H41N3O. The highest BCUT2D eigenvalue weighted by molar-refractivity contribution is 5.80. The van der Waals surface area contributed by atoms with Gasteiger partial charge in [-0.3, -0.25) is 9.78 Å². The second-order valence-electron chi connectivity index (χ2n) is 8.73. The highest BCUT2D eigenvalue weighted by Gasteiger charge is 2.19. The van der Waals surface area contributed by atoms with Gasteiger partial charge in [-0.1, -0.05) is 82.0 Å². The third-order valence-electron chi connectivity index (χ3n) is 6.23. The molecule has 2 rings (SSSR count). The number of nitrogens with zero attached hydrogens (tertiary/aromatic N) is 2. The molecule has 36 heavy (non-hydrogen) atoms. The Morgan fingerprint density at radius 2 is 1.83 bits per heavy atom. The van der Waals surface area contributed by atoms with Gasteiger partial charge in [0.1, 0.15) is 0 Å². The van der Waals surface area contributed by atoms with Gasteiger partial charge in [-0.25, -0.2) is 0 Å². The summed E-state index contributed by atoms with van der Waals surface area (Å²) in [4.78, 5) is 18.8. The molecule has 0 radical (unpaired) electrons. The number of amides is 1. The van der Waals surface area contributed by atoms with Gasteiger partial charge in [0.15, 0.2) is 0 Å². The molecule has 0 aliphatic carbocycles. The van der Waals surface area contributed by atoms with Crippen LogP contribution in [0.5, 0.6) is 0 Å². The van der Waals surface area contributed by atoms with E-state index in [4.69, 9.17) is 0 Å². The highest BCUT2D eigenvalue weighted by atomic mass is 16.1. The molecule has 1 amide bonds. The number of benzene rings is 1. The number of carbonyl (C=O) groups excluding carboxylic acids is 1. The summed E-state index contributed by atoms with van der Waals surface area (Å²) in [6.07, 6.45) is 19.2. The molecule has 2 aromatic rings. The SMILES string of the molecule is C=C(c1cccnc1)N(CC)C(CC)c1ccc(/C=C/C=C/C=C(\C=C/C)NC(=O)C(C)CC)cc1. The van der Waals surface area contributed by atoms with Crippen molar-refractivity contribution in [2.75, 3.05) is 6.54 Å². The Kier molecular flexibility index (Phi) is 12.2. The predicted molar refractivity (Wildman–Crippen MR) is 154 cm³/mol. The average Bonchev–Trinajstić information content (AvgIpc) is 2.91. The minimum absolute atomic E-state index is 0.00405. The van der Waals surface area contributed by atoms with E-state index in [1.165, 1.54) is 5.56 Å². The Labute approximate surface area is 217 Å². The summed E-state index contributed by atoms with van der Waals surface area (Å²) in [5.41, 5.74) is 5.24. The number of nitrogens with one attached hydrogen (secondary N) is 1. The van der Waals surface area contributed by atoms with Crippen LogP contribution in [0.2, 0.25) is 0 Å². The van der Waals surface area contributed by atoms with Crippen molar-refractivity contribution in [1.82, 2.24) is 15.2 Å². The number of aromatic nitrogens is 1. The molecule has 0 bridgehead atoms. The molecule has 1 aromatic heterocycles. The van der Waals surface area contributed by atoms with Crippen LogP contribution in [-0.4, -0.2) is 22.3 Å². The molecule has 0 fully saturated rings. The molecule has 0 saturated carbocycles. The predicted octanol–water partition coefficient (Wildman–Crippen LogP) is 7.72. The van der Waals surface area contributed by atoms with Crippen molar-refractivity contribution in [3.05, 3.63) is 114 Å². The van der Waals surface area contributed by atoms with E-state index < -0.39 is 0 Å². The minimum atomic E-state index is -0.00405. The van der Waals surface area contributed by atoms with Crippen molar-refractivity contribution in [3.8, 4) is 0 Å². The molecule has 0 spiro atoms. The first kappa shape index (κ1) is 28.6. The maximum atomic E-state index is 12.2. The van der Waals surface area contributed by atoms with Crippen LogP contribution in [0.15, 0.2) is 97.5 Å². The third kappa shape index (κ3) is 8.53. The van der Waals surface area contributed by atoms with Crippen LogP contribution >= 0.6 is 0 Å². The molecule has 0 saturated heterocycles. The number of carbonyl (C=O) groups is 1. The van der Waals surface area contributed by atoms with E-state index in [1.807, 2.05) is 69.5 Å². The first-order valence-corrected chi connectivity index (χ1v) is 12.9. The second kappa shape index (κ2) is 15.4. The fourth-order valence-corrected chi connectivity index (χ4v) is 3.92. The summed E-state index contributed by atoms with van der Waals surface area (Å²) in [5, 5.41) is 2.98. The van der Waals surface area contributed by atoms with Gasteiger partial charge in [0.2, 0.25) is 5.91 Å². The Morgan fingerprint density at radius 1 is 1.08 bits per heavy atom. The molecule has 2 unspecified atom stereocenters. The highest BCUT2D eigenvalue weighted by Crippen LogP contribution is 2.31. The number of allylic oxidation sites excluding steroid dienone is 6. The van der Waals surface area contributed by atoms with Crippen LogP contribution in [0.1, 0.15) is 70.2 Å². The van der Waals surface area contributed by atoms with Crippen LogP contribution in [0.4, 0.5) is 0 Å². The van der Waals surface area contributed by atoms with Gasteiger partial charge in [-0.2, -0.15) is 0 Å². The number of pyridine rings is 1. The molecule has 2 atom stereocenters. The van der Waals surface area contributed by atoms with Crippen LogP contribution in [0.3, 0.4) is 0 Å². The first-order chi connectivity index (χ1) is 17.4. The Morgan fingerprint density at radius 3 is 2.42 bits per heavy atom. The lowest BCUT2D eigenvalue weighted by Gasteiger charge is -2.34. The van der Waals surface area contributed by atoms with Crippen molar-refractivity contribution in [2.45, 2.75) is 53.5 Å². The van der Waals surface area contributed by atoms with Gasteiger partial charge in [0, 0.05) is 41.8 Å². The quantitative estimate of drug-likeness (QED) is 0.297. The van der Waals surface area contributed by atoms with E-state index in [1.54, 1.807) is 6.20 Å².